The van der Waals surface area contributed by atoms with Crippen LogP contribution in [-0.4, -0.2) is 51.3 Å². The molecule has 3 rings (SSSR count). The number of H-pyrrole nitrogens is 1. The Morgan fingerprint density at radius 2 is 2.14 bits per heavy atom. The molecule has 0 spiro atoms. The summed E-state index contributed by atoms with van der Waals surface area (Å²) in [6, 6.07) is 1.56. The number of rotatable bonds is 3. The summed E-state index contributed by atoms with van der Waals surface area (Å²) in [5, 5.41) is 16.4. The van der Waals surface area contributed by atoms with Crippen molar-refractivity contribution in [2.45, 2.75) is 18.8 Å². The van der Waals surface area contributed by atoms with Gasteiger partial charge in [0.2, 0.25) is 0 Å². The number of pyridine rings is 1. The number of aromatic nitrogens is 3. The molecule has 1 fully saturated rings. The second-order valence-corrected chi connectivity index (χ2v) is 5.74. The fourth-order valence-electron chi connectivity index (χ4n) is 2.93. The lowest BCUT2D eigenvalue weighted by molar-refractivity contribution is 0.0697. The number of aromatic carboxylic acids is 1. The van der Waals surface area contributed by atoms with Gasteiger partial charge >= 0.3 is 5.97 Å². The fraction of sp³-hybridized carbons (Fsp3) is 0.400. The molecule has 0 unspecified atom stereocenters. The number of aromatic amines is 1. The molecule has 4 N–H and O–H groups in total. The van der Waals surface area contributed by atoms with Gasteiger partial charge in [-0.05, 0) is 39.0 Å². The van der Waals surface area contributed by atoms with Crippen LogP contribution in [0.2, 0.25) is 0 Å². The quantitative estimate of drug-likeness (QED) is 0.794. The van der Waals surface area contributed by atoms with Gasteiger partial charge in [-0.2, -0.15) is 5.10 Å². The summed E-state index contributed by atoms with van der Waals surface area (Å²) in [4.78, 5) is 17.5. The van der Waals surface area contributed by atoms with Crippen LogP contribution in [0.1, 0.15) is 34.8 Å². The SMILES string of the molecule is CN1CCC(c2[nH]ncc2-c2cnc(N)c(C(=O)O)c2)CC1. The van der Waals surface area contributed by atoms with Crippen LogP contribution in [0.3, 0.4) is 0 Å². The monoisotopic (exact) mass is 301 g/mol. The van der Waals surface area contributed by atoms with E-state index in [0.717, 1.165) is 42.8 Å². The molecule has 0 atom stereocenters. The van der Waals surface area contributed by atoms with Gasteiger partial charge < -0.3 is 15.7 Å². The van der Waals surface area contributed by atoms with Crippen molar-refractivity contribution in [1.82, 2.24) is 20.1 Å². The first-order chi connectivity index (χ1) is 10.6. The summed E-state index contributed by atoms with van der Waals surface area (Å²) in [6.45, 7) is 2.09. The average Bonchev–Trinajstić information content (AvgIpc) is 2.97. The van der Waals surface area contributed by atoms with Crippen LogP contribution in [0.5, 0.6) is 0 Å². The van der Waals surface area contributed by atoms with Crippen LogP contribution < -0.4 is 5.73 Å². The molecule has 1 aliphatic rings. The van der Waals surface area contributed by atoms with Crippen LogP contribution in [0.15, 0.2) is 18.5 Å². The van der Waals surface area contributed by atoms with E-state index in [1.807, 2.05) is 0 Å². The summed E-state index contributed by atoms with van der Waals surface area (Å²) in [5.41, 5.74) is 8.33. The summed E-state index contributed by atoms with van der Waals surface area (Å²) >= 11 is 0. The molecule has 1 aliphatic heterocycles. The highest BCUT2D eigenvalue weighted by molar-refractivity contribution is 5.94. The number of piperidine rings is 1. The topological polar surface area (TPSA) is 108 Å². The van der Waals surface area contributed by atoms with E-state index in [2.05, 4.69) is 27.1 Å². The van der Waals surface area contributed by atoms with E-state index >= 15 is 0 Å². The molecule has 22 heavy (non-hydrogen) atoms. The Morgan fingerprint density at radius 3 is 2.82 bits per heavy atom. The maximum Gasteiger partial charge on any atom is 0.339 e. The number of nitrogens with zero attached hydrogens (tertiary/aromatic N) is 3. The maximum absolute atomic E-state index is 11.2. The van der Waals surface area contributed by atoms with Crippen molar-refractivity contribution in [2.24, 2.45) is 0 Å². The van der Waals surface area contributed by atoms with Gasteiger partial charge in [0, 0.05) is 28.9 Å². The number of carboxylic acid groups (broad SMARTS) is 1. The molecule has 0 saturated carbocycles. The first kappa shape index (κ1) is 14.5. The van der Waals surface area contributed by atoms with E-state index in [4.69, 9.17) is 5.73 Å². The number of hydrogen-bond acceptors (Lipinski definition) is 5. The van der Waals surface area contributed by atoms with E-state index < -0.39 is 5.97 Å². The van der Waals surface area contributed by atoms with Crippen LogP contribution >= 0.6 is 0 Å². The molecule has 2 aromatic rings. The predicted molar refractivity (Wildman–Crippen MR) is 82.7 cm³/mol. The molecule has 3 heterocycles. The van der Waals surface area contributed by atoms with Crippen molar-refractivity contribution in [3.05, 3.63) is 29.7 Å². The van der Waals surface area contributed by atoms with Gasteiger partial charge in [-0.3, -0.25) is 5.10 Å². The minimum atomic E-state index is -1.07. The Bertz CT molecular complexity index is 689. The molecular weight excluding hydrogens is 282 g/mol. The molecule has 0 aromatic carbocycles. The summed E-state index contributed by atoms with van der Waals surface area (Å²) in [6.07, 6.45) is 5.44. The lowest BCUT2D eigenvalue weighted by atomic mass is 9.90. The van der Waals surface area contributed by atoms with Gasteiger partial charge in [-0.15, -0.1) is 0 Å². The molecule has 0 radical (unpaired) electrons. The van der Waals surface area contributed by atoms with E-state index in [0.29, 0.717) is 5.92 Å². The molecule has 2 aromatic heterocycles. The summed E-state index contributed by atoms with van der Waals surface area (Å²) < 4.78 is 0. The zero-order valence-electron chi connectivity index (χ0n) is 12.4. The highest BCUT2D eigenvalue weighted by atomic mass is 16.4. The Balaban J connectivity index is 1.95. The molecule has 116 valence electrons. The molecule has 0 amide bonds. The molecular formula is C15H19N5O2. The standard InChI is InChI=1S/C15H19N5O2/c1-20-4-2-9(3-5-20)13-12(8-18-19-13)10-6-11(15(21)22)14(16)17-7-10/h6-9H,2-5H2,1H3,(H2,16,17)(H,18,19)(H,21,22). The third kappa shape index (κ3) is 2.67. The lowest BCUT2D eigenvalue weighted by Gasteiger charge is -2.28. The van der Waals surface area contributed by atoms with E-state index in [9.17, 15) is 9.90 Å². The first-order valence-electron chi connectivity index (χ1n) is 7.27. The number of anilines is 1. The third-order valence-corrected chi connectivity index (χ3v) is 4.26. The van der Waals surface area contributed by atoms with Crippen LogP contribution in [-0.2, 0) is 0 Å². The Hall–Kier alpha value is -2.41. The first-order valence-corrected chi connectivity index (χ1v) is 7.27. The smallest absolute Gasteiger partial charge is 0.339 e. The molecule has 7 heteroatoms. The zero-order chi connectivity index (χ0) is 15.7. The van der Waals surface area contributed by atoms with Crippen molar-refractivity contribution < 1.29 is 9.90 Å². The number of nitrogen functional groups attached to an aromatic ring is 1. The Labute approximate surface area is 128 Å². The van der Waals surface area contributed by atoms with E-state index in [1.165, 1.54) is 0 Å². The minimum Gasteiger partial charge on any atom is -0.478 e. The zero-order valence-corrected chi connectivity index (χ0v) is 12.4. The maximum atomic E-state index is 11.2. The van der Waals surface area contributed by atoms with Gasteiger partial charge in [0.05, 0.1) is 6.20 Å². The second-order valence-electron chi connectivity index (χ2n) is 5.74. The Morgan fingerprint density at radius 1 is 1.41 bits per heavy atom. The lowest BCUT2D eigenvalue weighted by Crippen LogP contribution is -2.29. The number of carboxylic acids is 1. The highest BCUT2D eigenvalue weighted by Gasteiger charge is 2.23. The van der Waals surface area contributed by atoms with Crippen LogP contribution in [0, 0.1) is 0 Å². The van der Waals surface area contributed by atoms with Crippen molar-refractivity contribution >= 4 is 11.8 Å². The molecule has 7 nitrogen and oxygen atoms in total. The predicted octanol–water partition coefficient (Wildman–Crippen LogP) is 1.56. The van der Waals surface area contributed by atoms with Crippen molar-refractivity contribution in [3.8, 4) is 11.1 Å². The van der Waals surface area contributed by atoms with Crippen molar-refractivity contribution in [3.63, 3.8) is 0 Å². The average molecular weight is 301 g/mol. The number of hydrogen-bond donors (Lipinski definition) is 3. The van der Waals surface area contributed by atoms with Crippen molar-refractivity contribution in [2.75, 3.05) is 25.9 Å². The van der Waals surface area contributed by atoms with Crippen molar-refractivity contribution in [1.29, 1.82) is 0 Å². The minimum absolute atomic E-state index is 0.0213. The number of nitrogens with one attached hydrogen (secondary N) is 1. The van der Waals surface area contributed by atoms with Crippen LogP contribution in [0.4, 0.5) is 5.82 Å². The number of likely N-dealkylation sites (tertiary alicyclic amines) is 1. The summed E-state index contributed by atoms with van der Waals surface area (Å²) in [7, 11) is 2.12. The van der Waals surface area contributed by atoms with Gasteiger partial charge in [0.25, 0.3) is 0 Å². The van der Waals surface area contributed by atoms with E-state index in [-0.39, 0.29) is 11.4 Å². The molecule has 0 bridgehead atoms. The third-order valence-electron chi connectivity index (χ3n) is 4.26. The van der Waals surface area contributed by atoms with Gasteiger partial charge in [0.1, 0.15) is 11.4 Å². The largest absolute Gasteiger partial charge is 0.478 e. The normalized spacial score (nSPS) is 16.8. The van der Waals surface area contributed by atoms with Gasteiger partial charge in [-0.1, -0.05) is 0 Å². The Kier molecular flexibility index (Phi) is 3.81. The second kappa shape index (κ2) is 5.76. The van der Waals surface area contributed by atoms with Gasteiger partial charge in [0.15, 0.2) is 0 Å². The number of carbonyl (C=O) groups is 1. The fourth-order valence-corrected chi connectivity index (χ4v) is 2.93. The van der Waals surface area contributed by atoms with Crippen LogP contribution in [0.25, 0.3) is 11.1 Å². The molecule has 0 aliphatic carbocycles. The highest BCUT2D eigenvalue weighted by Crippen LogP contribution is 2.34. The summed E-state index contributed by atoms with van der Waals surface area (Å²) in [5.74, 6) is -0.642. The van der Waals surface area contributed by atoms with E-state index in [1.54, 1.807) is 18.5 Å². The van der Waals surface area contributed by atoms with Gasteiger partial charge in [-0.25, -0.2) is 9.78 Å². The molecule has 1 saturated heterocycles. The number of nitrogens with two attached hydrogens (primary N) is 1.